The second-order valence-corrected chi connectivity index (χ2v) is 6.59. The summed E-state index contributed by atoms with van der Waals surface area (Å²) >= 11 is 5.59. The Morgan fingerprint density at radius 3 is 2.29 bits per heavy atom. The van der Waals surface area contributed by atoms with Crippen LogP contribution in [-0.2, 0) is 10.0 Å². The molecule has 0 saturated carbocycles. The van der Waals surface area contributed by atoms with Crippen molar-refractivity contribution in [2.75, 3.05) is 0 Å². The number of hydrogen-bond donors (Lipinski definition) is 1. The summed E-state index contributed by atoms with van der Waals surface area (Å²) in [4.78, 5) is -0.485. The van der Waals surface area contributed by atoms with Gasteiger partial charge in [-0.25, -0.2) is 21.9 Å². The van der Waals surface area contributed by atoms with E-state index in [4.69, 9.17) is 11.6 Å². The highest BCUT2D eigenvalue weighted by Gasteiger charge is 2.22. The standard InChI is InChI=1S/C14H12ClF2NO2S/c1-9(10-2-5-12(16)6-3-10)18-21(19,20)14-7-4-11(15)8-13(14)17/h2-9,18H,1H3. The zero-order valence-electron chi connectivity index (χ0n) is 11.0. The van der Waals surface area contributed by atoms with E-state index in [1.807, 2.05) is 0 Å². The van der Waals surface area contributed by atoms with E-state index in [1.54, 1.807) is 6.92 Å². The maximum atomic E-state index is 13.7. The van der Waals surface area contributed by atoms with Gasteiger partial charge in [-0.3, -0.25) is 0 Å². The normalized spacial score (nSPS) is 13.1. The van der Waals surface area contributed by atoms with Crippen molar-refractivity contribution in [3.8, 4) is 0 Å². The van der Waals surface area contributed by atoms with Gasteiger partial charge in [-0.1, -0.05) is 23.7 Å². The summed E-state index contributed by atoms with van der Waals surface area (Å²) in [6, 6.07) is 8.05. The van der Waals surface area contributed by atoms with Crippen molar-refractivity contribution in [1.82, 2.24) is 4.72 Å². The Bertz CT molecular complexity index is 748. The summed E-state index contributed by atoms with van der Waals surface area (Å²) in [5.41, 5.74) is 0.564. The minimum atomic E-state index is -4.04. The largest absolute Gasteiger partial charge is 0.244 e. The minimum absolute atomic E-state index is 0.109. The molecule has 0 fully saturated rings. The first-order chi connectivity index (χ1) is 9.79. The van der Waals surface area contributed by atoms with Crippen molar-refractivity contribution in [1.29, 1.82) is 0 Å². The van der Waals surface area contributed by atoms with Crippen LogP contribution in [0.4, 0.5) is 8.78 Å². The fourth-order valence-electron chi connectivity index (χ4n) is 1.81. The van der Waals surface area contributed by atoms with Crippen molar-refractivity contribution in [3.63, 3.8) is 0 Å². The Balaban J connectivity index is 2.26. The third-order valence-corrected chi connectivity index (χ3v) is 4.69. The van der Waals surface area contributed by atoms with Crippen LogP contribution in [0.15, 0.2) is 47.4 Å². The summed E-state index contributed by atoms with van der Waals surface area (Å²) in [7, 11) is -4.04. The first kappa shape index (κ1) is 15.9. The molecule has 112 valence electrons. The zero-order valence-corrected chi connectivity index (χ0v) is 12.5. The Labute approximate surface area is 126 Å². The molecular formula is C14H12ClF2NO2S. The Hall–Kier alpha value is -1.50. The quantitative estimate of drug-likeness (QED) is 0.929. The third-order valence-electron chi connectivity index (χ3n) is 2.89. The van der Waals surface area contributed by atoms with Crippen LogP contribution in [0.25, 0.3) is 0 Å². The number of nitrogens with one attached hydrogen (secondary N) is 1. The van der Waals surface area contributed by atoms with Crippen LogP contribution in [0.2, 0.25) is 5.02 Å². The van der Waals surface area contributed by atoms with Crippen molar-refractivity contribution < 1.29 is 17.2 Å². The summed E-state index contributed by atoms with van der Waals surface area (Å²) in [6.07, 6.45) is 0. The van der Waals surface area contributed by atoms with E-state index >= 15 is 0 Å². The molecule has 0 amide bonds. The molecule has 0 aromatic heterocycles. The van der Waals surface area contributed by atoms with Gasteiger partial charge >= 0.3 is 0 Å². The van der Waals surface area contributed by atoms with Crippen molar-refractivity contribution in [3.05, 3.63) is 64.7 Å². The maximum absolute atomic E-state index is 13.7. The Morgan fingerprint density at radius 1 is 1.10 bits per heavy atom. The molecule has 2 aromatic carbocycles. The fourth-order valence-corrected chi connectivity index (χ4v) is 3.26. The fraction of sp³-hybridized carbons (Fsp3) is 0.143. The van der Waals surface area contributed by atoms with E-state index < -0.39 is 32.6 Å². The van der Waals surface area contributed by atoms with Gasteiger partial charge in [0.05, 0.1) is 0 Å². The first-order valence-corrected chi connectivity index (χ1v) is 7.88. The van der Waals surface area contributed by atoms with E-state index in [0.29, 0.717) is 5.56 Å². The molecule has 2 rings (SSSR count). The molecule has 1 atom stereocenters. The van der Waals surface area contributed by atoms with Crippen LogP contribution < -0.4 is 4.72 Å². The van der Waals surface area contributed by atoms with E-state index in [1.165, 1.54) is 30.3 Å². The third kappa shape index (κ3) is 3.78. The lowest BCUT2D eigenvalue weighted by molar-refractivity contribution is 0.547. The Morgan fingerprint density at radius 2 is 1.71 bits per heavy atom. The minimum Gasteiger partial charge on any atom is -0.207 e. The number of benzene rings is 2. The van der Waals surface area contributed by atoms with Crippen LogP contribution in [0, 0.1) is 11.6 Å². The van der Waals surface area contributed by atoms with Gasteiger partial charge in [0.2, 0.25) is 10.0 Å². The molecule has 0 bridgehead atoms. The number of hydrogen-bond acceptors (Lipinski definition) is 2. The van der Waals surface area contributed by atoms with Crippen LogP contribution in [0.1, 0.15) is 18.5 Å². The van der Waals surface area contributed by atoms with E-state index in [2.05, 4.69) is 4.72 Å². The van der Waals surface area contributed by atoms with E-state index in [-0.39, 0.29) is 5.02 Å². The summed E-state index contributed by atoms with van der Waals surface area (Å²) in [6.45, 7) is 1.58. The summed E-state index contributed by atoms with van der Waals surface area (Å²) in [5, 5.41) is 0.109. The average Bonchev–Trinajstić information content (AvgIpc) is 2.38. The topological polar surface area (TPSA) is 46.2 Å². The van der Waals surface area contributed by atoms with Gasteiger partial charge in [-0.15, -0.1) is 0 Å². The lowest BCUT2D eigenvalue weighted by Gasteiger charge is -2.15. The second-order valence-electron chi connectivity index (χ2n) is 4.47. The molecule has 7 heteroatoms. The lowest BCUT2D eigenvalue weighted by Crippen LogP contribution is -2.27. The van der Waals surface area contributed by atoms with Crippen LogP contribution >= 0.6 is 11.6 Å². The van der Waals surface area contributed by atoms with Gasteiger partial charge in [-0.05, 0) is 42.8 Å². The molecule has 3 nitrogen and oxygen atoms in total. The van der Waals surface area contributed by atoms with Gasteiger partial charge in [0.25, 0.3) is 0 Å². The smallest absolute Gasteiger partial charge is 0.207 e. The molecule has 0 heterocycles. The van der Waals surface area contributed by atoms with E-state index in [0.717, 1.165) is 12.1 Å². The van der Waals surface area contributed by atoms with Crippen LogP contribution in [-0.4, -0.2) is 8.42 Å². The summed E-state index contributed by atoms with van der Waals surface area (Å²) < 4.78 is 53.2. The predicted molar refractivity (Wildman–Crippen MR) is 76.5 cm³/mol. The monoisotopic (exact) mass is 331 g/mol. The zero-order chi connectivity index (χ0) is 15.6. The van der Waals surface area contributed by atoms with Crippen LogP contribution in [0.3, 0.4) is 0 Å². The predicted octanol–water partition coefficient (Wildman–Crippen LogP) is 3.66. The lowest BCUT2D eigenvalue weighted by atomic mass is 10.1. The molecule has 0 aliphatic heterocycles. The van der Waals surface area contributed by atoms with Gasteiger partial charge in [0.15, 0.2) is 0 Å². The van der Waals surface area contributed by atoms with Crippen molar-refractivity contribution in [2.24, 2.45) is 0 Å². The molecule has 2 aromatic rings. The number of sulfonamides is 1. The maximum Gasteiger partial charge on any atom is 0.244 e. The van der Waals surface area contributed by atoms with E-state index in [9.17, 15) is 17.2 Å². The molecule has 0 aliphatic rings. The molecule has 1 N–H and O–H groups in total. The highest BCUT2D eigenvalue weighted by atomic mass is 35.5. The molecule has 0 spiro atoms. The highest BCUT2D eigenvalue weighted by Crippen LogP contribution is 2.21. The molecular weight excluding hydrogens is 320 g/mol. The Kier molecular flexibility index (Phi) is 4.61. The number of rotatable bonds is 4. The molecule has 0 radical (unpaired) electrons. The van der Waals surface area contributed by atoms with Crippen molar-refractivity contribution >= 4 is 21.6 Å². The molecule has 0 aliphatic carbocycles. The number of halogens is 3. The van der Waals surface area contributed by atoms with Gasteiger partial charge in [0.1, 0.15) is 16.5 Å². The summed E-state index contributed by atoms with van der Waals surface area (Å²) in [5.74, 6) is -1.35. The molecule has 1 unspecified atom stereocenters. The van der Waals surface area contributed by atoms with Crippen LogP contribution in [0.5, 0.6) is 0 Å². The van der Waals surface area contributed by atoms with Gasteiger partial charge in [0, 0.05) is 11.1 Å². The van der Waals surface area contributed by atoms with Gasteiger partial charge in [-0.2, -0.15) is 0 Å². The SMILES string of the molecule is CC(NS(=O)(=O)c1ccc(Cl)cc1F)c1ccc(F)cc1. The first-order valence-electron chi connectivity index (χ1n) is 6.02. The molecule has 0 saturated heterocycles. The molecule has 21 heavy (non-hydrogen) atoms. The average molecular weight is 332 g/mol. The highest BCUT2D eigenvalue weighted by molar-refractivity contribution is 7.89. The second kappa shape index (κ2) is 6.09. The van der Waals surface area contributed by atoms with Crippen molar-refractivity contribution in [2.45, 2.75) is 17.9 Å². The van der Waals surface area contributed by atoms with Gasteiger partial charge < -0.3 is 0 Å².